The van der Waals surface area contributed by atoms with Crippen LogP contribution in [0.2, 0.25) is 0 Å². The Labute approximate surface area is 142 Å². The van der Waals surface area contributed by atoms with Gasteiger partial charge in [-0.15, -0.1) is 0 Å². The Kier molecular flexibility index (Phi) is 3.95. The van der Waals surface area contributed by atoms with Gasteiger partial charge < -0.3 is 14.6 Å². The predicted molar refractivity (Wildman–Crippen MR) is 88.4 cm³/mol. The Morgan fingerprint density at radius 3 is 2.58 bits per heavy atom. The van der Waals surface area contributed by atoms with Crippen molar-refractivity contribution in [3.63, 3.8) is 0 Å². The van der Waals surface area contributed by atoms with Crippen LogP contribution in [0.1, 0.15) is 55.6 Å². The molecule has 24 heavy (non-hydrogen) atoms. The topological polar surface area (TPSA) is 72.8 Å². The highest BCUT2D eigenvalue weighted by Gasteiger charge is 2.55. The van der Waals surface area contributed by atoms with Crippen molar-refractivity contribution >= 4 is 11.6 Å². The smallest absolute Gasteiger partial charge is 0.223 e. The van der Waals surface area contributed by atoms with Crippen LogP contribution >= 0.6 is 0 Å². The van der Waals surface area contributed by atoms with Crippen LogP contribution < -0.4 is 4.74 Å². The van der Waals surface area contributed by atoms with Gasteiger partial charge in [-0.2, -0.15) is 0 Å². The van der Waals surface area contributed by atoms with Gasteiger partial charge in [-0.05, 0) is 45.7 Å². The van der Waals surface area contributed by atoms with E-state index in [2.05, 4.69) is 0 Å². The highest BCUT2D eigenvalue weighted by atomic mass is 16.7. The van der Waals surface area contributed by atoms with Crippen LogP contribution in [0.5, 0.6) is 11.5 Å². The zero-order chi connectivity index (χ0) is 17.8. The first-order valence-electron chi connectivity index (χ1n) is 8.43. The first-order valence-corrected chi connectivity index (χ1v) is 8.43. The molecule has 2 aliphatic heterocycles. The van der Waals surface area contributed by atoms with Crippen LogP contribution in [0.15, 0.2) is 6.07 Å². The number of fused-ring (bicyclic) bond motifs is 1. The van der Waals surface area contributed by atoms with Gasteiger partial charge in [0.2, 0.25) is 5.79 Å². The van der Waals surface area contributed by atoms with Gasteiger partial charge in [0.05, 0.1) is 17.6 Å². The lowest BCUT2D eigenvalue weighted by Crippen LogP contribution is -2.60. The summed E-state index contributed by atoms with van der Waals surface area (Å²) in [5.74, 6) is -1.07. The van der Waals surface area contributed by atoms with E-state index in [4.69, 9.17) is 9.47 Å². The number of rotatable bonds is 1. The molecule has 1 aromatic rings. The number of aromatic hydroxyl groups is 1. The number of ether oxygens (including phenoxy) is 2. The Balaban J connectivity index is 2.13. The molecule has 0 saturated carbocycles. The molecule has 1 fully saturated rings. The van der Waals surface area contributed by atoms with E-state index in [0.29, 0.717) is 29.7 Å². The number of aryl methyl sites for hydroxylation is 1. The molecular formula is C19H24O5. The van der Waals surface area contributed by atoms with Crippen molar-refractivity contribution in [3.8, 4) is 11.5 Å². The molecule has 0 aromatic heterocycles. The van der Waals surface area contributed by atoms with E-state index < -0.39 is 5.79 Å². The van der Waals surface area contributed by atoms with Crippen molar-refractivity contribution in [1.29, 1.82) is 0 Å². The zero-order valence-corrected chi connectivity index (χ0v) is 14.8. The van der Waals surface area contributed by atoms with Gasteiger partial charge in [0.1, 0.15) is 17.3 Å². The van der Waals surface area contributed by atoms with E-state index in [9.17, 15) is 14.7 Å². The van der Waals surface area contributed by atoms with Crippen LogP contribution in [0, 0.1) is 18.8 Å². The molecule has 0 unspecified atom stereocenters. The minimum absolute atomic E-state index is 0.0207. The van der Waals surface area contributed by atoms with Crippen LogP contribution in [0.4, 0.5) is 0 Å². The minimum atomic E-state index is -1.02. The molecule has 0 amide bonds. The van der Waals surface area contributed by atoms with Crippen molar-refractivity contribution in [1.82, 2.24) is 0 Å². The van der Waals surface area contributed by atoms with Crippen LogP contribution in [-0.2, 0) is 16.0 Å². The third-order valence-corrected chi connectivity index (χ3v) is 5.33. The molecule has 2 heterocycles. The maximum absolute atomic E-state index is 12.4. The third-order valence-electron chi connectivity index (χ3n) is 5.33. The molecule has 2 aliphatic rings. The summed E-state index contributed by atoms with van der Waals surface area (Å²) in [6.07, 6.45) is 0.676. The number of benzene rings is 1. The summed E-state index contributed by atoms with van der Waals surface area (Å²) in [6.45, 7) is 8.95. The number of ketones is 2. The normalized spacial score (nSPS) is 32.4. The maximum atomic E-state index is 12.4. The molecule has 0 aliphatic carbocycles. The molecule has 1 saturated heterocycles. The second-order valence-electron chi connectivity index (χ2n) is 7.20. The van der Waals surface area contributed by atoms with Gasteiger partial charge in [0.25, 0.3) is 0 Å². The number of phenolic OH excluding ortho intramolecular Hbond substituents is 1. The van der Waals surface area contributed by atoms with Gasteiger partial charge in [0, 0.05) is 17.9 Å². The Morgan fingerprint density at radius 1 is 1.29 bits per heavy atom. The number of phenols is 1. The lowest BCUT2D eigenvalue weighted by molar-refractivity contribution is -0.278. The van der Waals surface area contributed by atoms with Crippen molar-refractivity contribution in [2.24, 2.45) is 11.8 Å². The molecular weight excluding hydrogens is 308 g/mol. The van der Waals surface area contributed by atoms with Crippen molar-refractivity contribution < 1.29 is 24.2 Å². The SMILES string of the molecule is CC(=O)c1cc(C)c2c(c1O)C[C@@H](C)[C@]1(O2)O[C@H](C)CC(=O)[C@H]1C. The highest BCUT2D eigenvalue weighted by Crippen LogP contribution is 2.49. The van der Waals surface area contributed by atoms with E-state index in [1.807, 2.05) is 27.7 Å². The number of carbonyl (C=O) groups is 2. The molecule has 5 nitrogen and oxygen atoms in total. The standard InChI is InChI=1S/C19H24O5/c1-9-6-14(13(5)20)17(22)15-7-10(2)19(24-18(9)15)12(4)16(21)8-11(3)23-19/h6,10-12,22H,7-8H2,1-5H3/t10-,11-,12-,19-/m1/s1. The molecule has 0 bridgehead atoms. The fourth-order valence-corrected chi connectivity index (χ4v) is 3.96. The van der Waals surface area contributed by atoms with Crippen molar-refractivity contribution in [2.45, 2.75) is 59.4 Å². The average Bonchev–Trinajstić information content (AvgIpc) is 2.49. The van der Waals surface area contributed by atoms with Crippen molar-refractivity contribution in [2.75, 3.05) is 0 Å². The monoisotopic (exact) mass is 332 g/mol. The van der Waals surface area contributed by atoms with E-state index >= 15 is 0 Å². The van der Waals surface area contributed by atoms with Gasteiger partial charge in [-0.3, -0.25) is 9.59 Å². The molecule has 1 N–H and O–H groups in total. The molecule has 0 radical (unpaired) electrons. The van der Waals surface area contributed by atoms with Crippen LogP contribution in [0.25, 0.3) is 0 Å². The van der Waals surface area contributed by atoms with E-state index in [0.717, 1.165) is 5.56 Å². The number of hydrogen-bond donors (Lipinski definition) is 1. The number of hydrogen-bond acceptors (Lipinski definition) is 5. The summed E-state index contributed by atoms with van der Waals surface area (Å²) in [4.78, 5) is 24.1. The van der Waals surface area contributed by atoms with Gasteiger partial charge in [-0.1, -0.05) is 6.92 Å². The largest absolute Gasteiger partial charge is 0.507 e. The first kappa shape index (κ1) is 17.0. The second kappa shape index (κ2) is 5.59. The fraction of sp³-hybridized carbons (Fsp3) is 0.579. The molecule has 1 spiro atoms. The van der Waals surface area contributed by atoms with Crippen molar-refractivity contribution in [3.05, 3.63) is 22.8 Å². The Bertz CT molecular complexity index is 723. The summed E-state index contributed by atoms with van der Waals surface area (Å²) in [5.41, 5.74) is 1.70. The molecule has 130 valence electrons. The maximum Gasteiger partial charge on any atom is 0.223 e. The quantitative estimate of drug-likeness (QED) is 0.800. The van der Waals surface area contributed by atoms with E-state index in [1.54, 1.807) is 6.07 Å². The minimum Gasteiger partial charge on any atom is -0.507 e. The highest BCUT2D eigenvalue weighted by molar-refractivity contribution is 5.98. The van der Waals surface area contributed by atoms with Gasteiger partial charge >= 0.3 is 0 Å². The average molecular weight is 332 g/mol. The zero-order valence-electron chi connectivity index (χ0n) is 14.8. The lowest BCUT2D eigenvalue weighted by Gasteiger charge is -2.50. The predicted octanol–water partition coefficient (Wildman–Crippen LogP) is 3.18. The first-order chi connectivity index (χ1) is 11.2. The second-order valence-corrected chi connectivity index (χ2v) is 7.20. The summed E-state index contributed by atoms with van der Waals surface area (Å²) >= 11 is 0. The third kappa shape index (κ3) is 2.34. The van der Waals surface area contributed by atoms with Gasteiger partial charge in [0.15, 0.2) is 5.78 Å². The van der Waals surface area contributed by atoms with E-state index in [1.165, 1.54) is 6.92 Å². The summed E-state index contributed by atoms with van der Waals surface area (Å²) in [5, 5.41) is 10.5. The van der Waals surface area contributed by atoms with Crippen LogP contribution in [-0.4, -0.2) is 28.6 Å². The summed E-state index contributed by atoms with van der Waals surface area (Å²) in [7, 11) is 0. The molecule has 4 atom stereocenters. The summed E-state index contributed by atoms with van der Waals surface area (Å²) in [6, 6.07) is 1.64. The van der Waals surface area contributed by atoms with Crippen LogP contribution in [0.3, 0.4) is 0 Å². The molecule has 5 heteroatoms. The lowest BCUT2D eigenvalue weighted by atomic mass is 9.76. The molecule has 3 rings (SSSR count). The fourth-order valence-electron chi connectivity index (χ4n) is 3.96. The Morgan fingerprint density at radius 2 is 1.96 bits per heavy atom. The molecule has 1 aromatic carbocycles. The number of Topliss-reactive ketones (excluding diaryl/α,β-unsaturated/α-hetero) is 2. The number of carbonyl (C=O) groups excluding carboxylic acids is 2. The Hall–Kier alpha value is -1.88. The van der Waals surface area contributed by atoms with E-state index in [-0.39, 0.29) is 35.3 Å². The van der Waals surface area contributed by atoms with Gasteiger partial charge in [-0.25, -0.2) is 0 Å². The summed E-state index contributed by atoms with van der Waals surface area (Å²) < 4.78 is 12.4.